The fourth-order valence-corrected chi connectivity index (χ4v) is 8.21. The number of nitrogens with zero attached hydrogens (tertiary/aromatic N) is 4. The predicted octanol–water partition coefficient (Wildman–Crippen LogP) is 8.01. The average molecular weight is 775 g/mol. The van der Waals surface area contributed by atoms with Crippen LogP contribution >= 0.6 is 22.9 Å². The molecule has 3 aromatic rings. The van der Waals surface area contributed by atoms with Gasteiger partial charge >= 0.3 is 12.4 Å². The van der Waals surface area contributed by atoms with Crippen LogP contribution in [-0.4, -0.2) is 91.1 Å². The van der Waals surface area contributed by atoms with Crippen molar-refractivity contribution >= 4 is 34.8 Å². The molecule has 8 nitrogen and oxygen atoms in total. The van der Waals surface area contributed by atoms with Gasteiger partial charge in [-0.2, -0.15) is 26.3 Å². The second-order valence-electron chi connectivity index (χ2n) is 13.0. The number of carbonyl (C=O) groups excluding carboxylic acids is 2. The number of carbonyl (C=O) groups is 2. The monoisotopic (exact) mass is 774 g/mol. The maximum absolute atomic E-state index is 14.3. The largest absolute Gasteiger partial charge is 0.496 e. The first-order valence-electron chi connectivity index (χ1n) is 17.1. The molecule has 0 bridgehead atoms. The first kappa shape index (κ1) is 39.8. The molecule has 52 heavy (non-hydrogen) atoms. The van der Waals surface area contributed by atoms with E-state index in [2.05, 4.69) is 14.6 Å². The molecule has 0 spiro atoms. The number of hydrogen-bond acceptors (Lipinski definition) is 7. The molecule has 2 fully saturated rings. The van der Waals surface area contributed by atoms with Crippen molar-refractivity contribution in [2.24, 2.45) is 5.92 Å². The van der Waals surface area contributed by atoms with E-state index in [1.807, 2.05) is 23.1 Å². The fourth-order valence-electron chi connectivity index (χ4n) is 7.29. The molecule has 1 unspecified atom stereocenters. The summed E-state index contributed by atoms with van der Waals surface area (Å²) < 4.78 is 87.3. The topological polar surface area (TPSA) is 75.2 Å². The maximum atomic E-state index is 14.3. The zero-order valence-electron chi connectivity index (χ0n) is 28.8. The zero-order chi connectivity index (χ0) is 37.6. The molecule has 0 N–H and O–H groups in total. The van der Waals surface area contributed by atoms with Crippen LogP contribution in [0.4, 0.5) is 26.3 Å². The van der Waals surface area contributed by atoms with Crippen molar-refractivity contribution in [1.82, 2.24) is 19.7 Å². The van der Waals surface area contributed by atoms with Crippen molar-refractivity contribution in [3.8, 4) is 5.75 Å². The number of halogens is 7. The SMILES string of the molecule is COCC1c2ccc(Cl)cc2CCN1C(=O)[C@@H]1CCCN(C(=O)c2ncccc2C(F)(F)F)[C@@H]1CCN1CCCC1.COc1csc(C(F)(F)F)c1. The number of rotatable bonds is 8. The molecular formula is C36H41ClF6N4O4S. The molecule has 0 aliphatic carbocycles. The van der Waals surface area contributed by atoms with Crippen molar-refractivity contribution in [2.75, 3.05) is 53.6 Å². The van der Waals surface area contributed by atoms with Gasteiger partial charge in [-0.05, 0) is 87.0 Å². The molecule has 3 atom stereocenters. The van der Waals surface area contributed by atoms with Gasteiger partial charge in [0, 0.05) is 55.5 Å². The van der Waals surface area contributed by atoms with Gasteiger partial charge in [-0.15, -0.1) is 11.3 Å². The molecule has 0 saturated carbocycles. The van der Waals surface area contributed by atoms with E-state index >= 15 is 0 Å². The lowest BCUT2D eigenvalue weighted by molar-refractivity contribution is -0.144. The Labute approximate surface area is 307 Å². The van der Waals surface area contributed by atoms with Gasteiger partial charge in [0.05, 0.1) is 31.2 Å². The molecule has 3 aliphatic heterocycles. The van der Waals surface area contributed by atoms with Crippen molar-refractivity contribution in [3.05, 3.63) is 80.3 Å². The molecule has 2 aromatic heterocycles. The molecular weight excluding hydrogens is 734 g/mol. The smallest absolute Gasteiger partial charge is 0.425 e. The van der Waals surface area contributed by atoms with Crippen LogP contribution in [0.5, 0.6) is 5.75 Å². The van der Waals surface area contributed by atoms with Gasteiger partial charge in [0.15, 0.2) is 0 Å². The molecule has 5 heterocycles. The molecule has 284 valence electrons. The summed E-state index contributed by atoms with van der Waals surface area (Å²) in [5, 5.41) is 1.96. The van der Waals surface area contributed by atoms with Crippen LogP contribution in [0.3, 0.4) is 0 Å². The van der Waals surface area contributed by atoms with E-state index in [0.717, 1.165) is 49.2 Å². The molecule has 1 aromatic carbocycles. The number of pyridine rings is 1. The Hall–Kier alpha value is -3.40. The summed E-state index contributed by atoms with van der Waals surface area (Å²) in [6.45, 7) is 3.62. The van der Waals surface area contributed by atoms with Gasteiger partial charge in [-0.3, -0.25) is 14.6 Å². The first-order valence-corrected chi connectivity index (χ1v) is 18.3. The lowest BCUT2D eigenvalue weighted by atomic mass is 9.83. The summed E-state index contributed by atoms with van der Waals surface area (Å²) in [5.74, 6) is -1.15. The Bertz CT molecular complexity index is 1680. The highest BCUT2D eigenvalue weighted by atomic mass is 35.5. The van der Waals surface area contributed by atoms with E-state index < -0.39 is 46.4 Å². The van der Waals surface area contributed by atoms with Crippen LogP contribution in [0.2, 0.25) is 5.02 Å². The summed E-state index contributed by atoms with van der Waals surface area (Å²) in [7, 11) is 2.93. The van der Waals surface area contributed by atoms with Crippen molar-refractivity contribution in [2.45, 2.75) is 63.0 Å². The van der Waals surface area contributed by atoms with E-state index in [9.17, 15) is 35.9 Å². The number of hydrogen-bond donors (Lipinski definition) is 0. The molecule has 6 rings (SSSR count). The Morgan fingerprint density at radius 2 is 1.71 bits per heavy atom. The lowest BCUT2D eigenvalue weighted by Crippen LogP contribution is -2.56. The third kappa shape index (κ3) is 9.39. The highest BCUT2D eigenvalue weighted by molar-refractivity contribution is 7.10. The summed E-state index contributed by atoms with van der Waals surface area (Å²) in [4.78, 5) is 37.0. The Balaban J connectivity index is 0.000000407. The number of benzene rings is 1. The predicted molar refractivity (Wildman–Crippen MR) is 184 cm³/mol. The van der Waals surface area contributed by atoms with Crippen molar-refractivity contribution < 1.29 is 45.4 Å². The quantitative estimate of drug-likeness (QED) is 0.216. The minimum atomic E-state index is -4.72. The zero-order valence-corrected chi connectivity index (χ0v) is 30.4. The molecule has 0 radical (unpaired) electrons. The van der Waals surface area contributed by atoms with Gasteiger partial charge in [0.1, 0.15) is 16.3 Å². The van der Waals surface area contributed by atoms with Crippen molar-refractivity contribution in [3.63, 3.8) is 0 Å². The fraction of sp³-hybridized carbons (Fsp3) is 0.528. The number of ether oxygens (including phenoxy) is 2. The van der Waals surface area contributed by atoms with Gasteiger partial charge in [-0.25, -0.2) is 0 Å². The van der Waals surface area contributed by atoms with E-state index in [-0.39, 0.29) is 24.2 Å². The number of alkyl halides is 6. The van der Waals surface area contributed by atoms with Gasteiger partial charge < -0.3 is 24.2 Å². The third-order valence-corrected chi connectivity index (χ3v) is 11.0. The van der Waals surface area contributed by atoms with Crippen LogP contribution < -0.4 is 4.74 Å². The Morgan fingerprint density at radius 1 is 0.962 bits per heavy atom. The van der Waals surface area contributed by atoms with Gasteiger partial charge in [0.2, 0.25) is 5.91 Å². The summed E-state index contributed by atoms with van der Waals surface area (Å²) in [5.41, 5.74) is 0.393. The second kappa shape index (κ2) is 17.2. The van der Waals surface area contributed by atoms with Gasteiger partial charge in [0.25, 0.3) is 5.91 Å². The van der Waals surface area contributed by atoms with Crippen LogP contribution in [-0.2, 0) is 28.3 Å². The minimum absolute atomic E-state index is 0.0892. The van der Waals surface area contributed by atoms with Crippen LogP contribution in [0.15, 0.2) is 48.0 Å². The number of methoxy groups -OCH3 is 2. The number of aromatic nitrogens is 1. The normalized spacial score (nSPS) is 21.0. The van der Waals surface area contributed by atoms with E-state index in [1.165, 1.54) is 29.7 Å². The highest BCUT2D eigenvalue weighted by Gasteiger charge is 2.45. The molecule has 16 heteroatoms. The maximum Gasteiger partial charge on any atom is 0.425 e. The minimum Gasteiger partial charge on any atom is -0.496 e. The van der Waals surface area contributed by atoms with Crippen molar-refractivity contribution in [1.29, 1.82) is 0 Å². The number of fused-ring (bicyclic) bond motifs is 1. The van der Waals surface area contributed by atoms with E-state index in [0.29, 0.717) is 61.7 Å². The standard InChI is InChI=1S/C30H36ClF3N4O3.C6H5F3OS/c1-41-19-26-22-9-8-21(31)18-20(22)10-17-38(26)28(39)23-6-5-15-37(25(23)11-16-36-13-2-3-14-36)29(40)27-24(30(32,33)34)7-4-12-35-27;1-10-4-2-5(11-3-4)6(7,8)9/h4,7-9,12,18,23,25-26H,2-3,5-6,10-11,13-17,19H2,1H3;2-3H,1H3/t23-,25-,26?;/m1./s1. The van der Waals surface area contributed by atoms with Crippen LogP contribution in [0, 0.1) is 5.92 Å². The van der Waals surface area contributed by atoms with Crippen LogP contribution in [0.25, 0.3) is 0 Å². The molecule has 2 saturated heterocycles. The van der Waals surface area contributed by atoms with Crippen LogP contribution in [0.1, 0.15) is 70.2 Å². The van der Waals surface area contributed by atoms with E-state index in [4.69, 9.17) is 16.3 Å². The highest BCUT2D eigenvalue weighted by Crippen LogP contribution is 2.39. The number of likely N-dealkylation sites (tertiary alicyclic amines) is 2. The average Bonchev–Trinajstić information content (AvgIpc) is 3.83. The second-order valence-corrected chi connectivity index (χ2v) is 14.3. The Kier molecular flexibility index (Phi) is 13.1. The first-order chi connectivity index (χ1) is 24.7. The summed E-state index contributed by atoms with van der Waals surface area (Å²) >= 11 is 6.87. The number of piperidine rings is 1. The lowest BCUT2D eigenvalue weighted by Gasteiger charge is -2.45. The molecule has 2 amide bonds. The van der Waals surface area contributed by atoms with E-state index in [1.54, 1.807) is 7.11 Å². The summed E-state index contributed by atoms with van der Waals surface area (Å²) in [6, 6.07) is 7.86. The summed E-state index contributed by atoms with van der Waals surface area (Å²) in [6.07, 6.45) is -3.35. The van der Waals surface area contributed by atoms with Gasteiger partial charge in [-0.1, -0.05) is 17.7 Å². The number of amides is 2. The number of thiophene rings is 1. The molecule has 3 aliphatic rings. The third-order valence-electron chi connectivity index (χ3n) is 9.77. The Morgan fingerprint density at radius 3 is 2.35 bits per heavy atom.